The number of fused-ring (bicyclic) bond motifs is 1. The predicted octanol–water partition coefficient (Wildman–Crippen LogP) is -3.70. The molecule has 21 heteroatoms. The van der Waals surface area contributed by atoms with Gasteiger partial charge in [0.1, 0.15) is 30.2 Å². The van der Waals surface area contributed by atoms with E-state index in [4.69, 9.17) is 4.74 Å². The van der Waals surface area contributed by atoms with Crippen molar-refractivity contribution >= 4 is 40.4 Å². The summed E-state index contributed by atoms with van der Waals surface area (Å²) in [6.07, 6.45) is -3.76. The van der Waals surface area contributed by atoms with Crippen LogP contribution in [0.2, 0.25) is 0 Å². The highest BCUT2D eigenvalue weighted by Crippen LogP contribution is 2.60. The number of rotatable bonds is 9. The Kier molecular flexibility index (Phi) is 7.20. The van der Waals surface area contributed by atoms with Crippen molar-refractivity contribution in [1.82, 2.24) is 19.5 Å². The maximum atomic E-state index is 11.6. The molecule has 0 aromatic carbocycles. The number of nitrogens with one attached hydrogen (secondary N) is 1. The van der Waals surface area contributed by atoms with E-state index in [1.165, 1.54) is 17.2 Å². The number of phosphoric acid groups is 3. The molecule has 0 bridgehead atoms. The molecule has 18 nitrogen and oxygen atoms in total. The normalized spacial score (nSPS) is 27.8. The van der Waals surface area contributed by atoms with Gasteiger partial charge in [0.15, 0.2) is 17.7 Å². The zero-order valence-electron chi connectivity index (χ0n) is 15.7. The minimum Gasteiger partial charge on any atom is -0.790 e. The van der Waals surface area contributed by atoms with E-state index in [9.17, 15) is 43.5 Å². The van der Waals surface area contributed by atoms with Crippen LogP contribution in [0.15, 0.2) is 12.7 Å². The third-order valence-corrected chi connectivity index (χ3v) is 7.67. The molecule has 1 saturated heterocycles. The van der Waals surface area contributed by atoms with E-state index in [1.807, 2.05) is 0 Å². The third-order valence-electron chi connectivity index (χ3n) is 4.00. The number of anilines is 1. The van der Waals surface area contributed by atoms with Crippen molar-refractivity contribution in [1.29, 1.82) is 0 Å². The van der Waals surface area contributed by atoms with Crippen molar-refractivity contribution in [3.63, 3.8) is 0 Å². The Morgan fingerprint density at radius 3 is 2.41 bits per heavy atom. The van der Waals surface area contributed by atoms with E-state index >= 15 is 0 Å². The molecule has 0 aliphatic carbocycles. The van der Waals surface area contributed by atoms with Crippen LogP contribution in [0, 0.1) is 0 Å². The Hall–Kier alpha value is -1.36. The van der Waals surface area contributed by atoms with Gasteiger partial charge in [-0.3, -0.25) is 18.0 Å². The minimum atomic E-state index is -6.14. The van der Waals surface area contributed by atoms with E-state index in [1.54, 1.807) is 7.05 Å². The quantitative estimate of drug-likeness (QED) is 0.270. The van der Waals surface area contributed by atoms with Crippen LogP contribution in [0.4, 0.5) is 5.82 Å². The summed E-state index contributed by atoms with van der Waals surface area (Å²) in [6.45, 7) is -1.06. The lowest BCUT2D eigenvalue weighted by Crippen LogP contribution is -2.34. The van der Waals surface area contributed by atoms with Crippen LogP contribution in [0.25, 0.3) is 11.2 Å². The third kappa shape index (κ3) is 5.76. The maximum Gasteiger partial charge on any atom is 0.278 e. The van der Waals surface area contributed by atoms with E-state index in [0.717, 1.165) is 0 Å². The molecule has 32 heavy (non-hydrogen) atoms. The molecule has 2 aromatic rings. The van der Waals surface area contributed by atoms with Gasteiger partial charge in [0.25, 0.3) is 15.6 Å². The molecule has 3 N–H and O–H groups in total. The average molecular weight is 517 g/mol. The lowest BCUT2D eigenvalue weighted by Gasteiger charge is -2.37. The van der Waals surface area contributed by atoms with Crippen LogP contribution < -0.4 is 24.9 Å². The first-order chi connectivity index (χ1) is 14.7. The molecule has 3 heterocycles. The van der Waals surface area contributed by atoms with Crippen LogP contribution in [-0.2, 0) is 31.6 Å². The highest BCUT2D eigenvalue weighted by atomic mass is 31.3. The number of nitrogens with zero attached hydrogens (tertiary/aromatic N) is 4. The molecule has 6 atom stereocenters. The van der Waals surface area contributed by atoms with Crippen molar-refractivity contribution in [2.24, 2.45) is 0 Å². The molecule has 0 spiro atoms. The molecule has 1 aliphatic heterocycles. The number of imidazole rings is 1. The van der Waals surface area contributed by atoms with Gasteiger partial charge in [-0.25, -0.2) is 19.3 Å². The van der Waals surface area contributed by atoms with Gasteiger partial charge < -0.3 is 48.9 Å². The number of hydrogen-bond acceptors (Lipinski definition) is 17. The SMILES string of the molecule is CNc1ncnc2c1ncn2C1OC(COP(=O)([O-])OP(=O)([O-])OP(=O)([O-])[O-])C(O)C1O. The van der Waals surface area contributed by atoms with E-state index in [2.05, 4.69) is 33.4 Å². The van der Waals surface area contributed by atoms with Gasteiger partial charge in [-0.2, -0.15) is 0 Å². The zero-order chi connectivity index (χ0) is 23.9. The number of aliphatic hydroxyl groups excluding tert-OH is 2. The molecule has 180 valence electrons. The second kappa shape index (κ2) is 9.12. The highest BCUT2D eigenvalue weighted by Gasteiger charge is 2.45. The van der Waals surface area contributed by atoms with E-state index in [0.29, 0.717) is 11.3 Å². The molecule has 3 rings (SSSR count). The van der Waals surface area contributed by atoms with Gasteiger partial charge in [-0.05, 0) is 0 Å². The molecular formula is C11H14N5O13P3-4. The first kappa shape index (κ1) is 25.3. The van der Waals surface area contributed by atoms with Gasteiger partial charge >= 0.3 is 0 Å². The van der Waals surface area contributed by atoms with E-state index in [-0.39, 0.29) is 5.65 Å². The van der Waals surface area contributed by atoms with Crippen molar-refractivity contribution in [2.75, 3.05) is 19.0 Å². The second-order valence-electron chi connectivity index (χ2n) is 6.14. The fourth-order valence-electron chi connectivity index (χ4n) is 2.77. The molecule has 2 aromatic heterocycles. The van der Waals surface area contributed by atoms with Crippen LogP contribution in [0.5, 0.6) is 0 Å². The largest absolute Gasteiger partial charge is 0.790 e. The summed E-state index contributed by atoms with van der Waals surface area (Å²) in [4.78, 5) is 55.5. The van der Waals surface area contributed by atoms with Crippen LogP contribution in [0.1, 0.15) is 6.23 Å². The fourth-order valence-corrected chi connectivity index (χ4v) is 5.63. The monoisotopic (exact) mass is 517 g/mol. The smallest absolute Gasteiger partial charge is 0.278 e. The van der Waals surface area contributed by atoms with Gasteiger partial charge in [-0.1, -0.05) is 0 Å². The van der Waals surface area contributed by atoms with Crippen LogP contribution in [0.3, 0.4) is 0 Å². The molecular weight excluding hydrogens is 503 g/mol. The second-order valence-corrected chi connectivity index (χ2v) is 10.4. The van der Waals surface area contributed by atoms with Gasteiger partial charge in [0.2, 0.25) is 0 Å². The Morgan fingerprint density at radius 2 is 1.78 bits per heavy atom. The summed E-state index contributed by atoms with van der Waals surface area (Å²) in [5.41, 5.74) is 0.502. The van der Waals surface area contributed by atoms with Crippen LogP contribution >= 0.6 is 23.5 Å². The highest BCUT2D eigenvalue weighted by molar-refractivity contribution is 7.64. The average Bonchev–Trinajstić information content (AvgIpc) is 3.19. The summed E-state index contributed by atoms with van der Waals surface area (Å²) in [7, 11) is -16.5. The summed E-state index contributed by atoms with van der Waals surface area (Å²) in [6, 6.07) is 0. The predicted molar refractivity (Wildman–Crippen MR) is 91.7 cm³/mol. The number of aliphatic hydroxyl groups is 2. The molecule has 0 amide bonds. The van der Waals surface area contributed by atoms with E-state index < -0.39 is 54.6 Å². The number of phosphoric ester groups is 1. The van der Waals surface area contributed by atoms with Crippen LogP contribution in [-0.4, -0.2) is 61.7 Å². The standard InChI is InChI=1S/C11H18N5O13P3/c1-12-9-6-10(14-3-13-9)16(4-15-6)11-8(18)7(17)5(27-11)2-26-31(22,23)29-32(24,25)28-30(19,20)21/h3-5,7-8,11,17-18H,2H2,1H3,(H,22,23)(H,24,25)(H,12,13,14)(H2,19,20,21)/p-4. The topological polar surface area (TPSA) is 276 Å². The summed E-state index contributed by atoms with van der Waals surface area (Å²) < 4.78 is 50.5. The first-order valence-corrected chi connectivity index (χ1v) is 12.7. The Morgan fingerprint density at radius 1 is 1.09 bits per heavy atom. The lowest BCUT2D eigenvalue weighted by atomic mass is 10.1. The Balaban J connectivity index is 1.70. The molecule has 0 saturated carbocycles. The Bertz CT molecular complexity index is 1120. The van der Waals surface area contributed by atoms with Gasteiger partial charge in [0, 0.05) is 7.05 Å². The lowest BCUT2D eigenvalue weighted by molar-refractivity contribution is -0.339. The van der Waals surface area contributed by atoms with Crippen molar-refractivity contribution in [2.45, 2.75) is 24.5 Å². The first-order valence-electron chi connectivity index (χ1n) is 8.31. The molecule has 0 radical (unpaired) electrons. The molecule has 1 fully saturated rings. The molecule has 1 aliphatic rings. The number of aromatic nitrogens is 4. The number of ether oxygens (including phenoxy) is 1. The molecule has 6 unspecified atom stereocenters. The maximum absolute atomic E-state index is 11.6. The van der Waals surface area contributed by atoms with Crippen molar-refractivity contribution < 1.29 is 61.4 Å². The summed E-state index contributed by atoms with van der Waals surface area (Å²) in [5, 5.41) is 23.2. The van der Waals surface area contributed by atoms with Crippen molar-refractivity contribution in [3.8, 4) is 0 Å². The summed E-state index contributed by atoms with van der Waals surface area (Å²) >= 11 is 0. The number of hydrogen-bond donors (Lipinski definition) is 3. The fraction of sp³-hybridized carbons (Fsp3) is 0.545. The zero-order valence-corrected chi connectivity index (χ0v) is 18.4. The Labute approximate surface area is 178 Å². The summed E-state index contributed by atoms with van der Waals surface area (Å²) in [5.74, 6) is 0.357. The minimum absolute atomic E-state index is 0.198. The van der Waals surface area contributed by atoms with Crippen molar-refractivity contribution in [3.05, 3.63) is 12.7 Å². The van der Waals surface area contributed by atoms with Gasteiger partial charge in [-0.15, -0.1) is 0 Å². The van der Waals surface area contributed by atoms with Gasteiger partial charge in [0.05, 0.1) is 20.8 Å².